The third-order valence-electron chi connectivity index (χ3n) is 6.31. The molecule has 0 spiro atoms. The van der Waals surface area contributed by atoms with E-state index in [0.29, 0.717) is 50.3 Å². The van der Waals surface area contributed by atoms with Crippen molar-refractivity contribution in [2.24, 2.45) is 5.73 Å². The topological polar surface area (TPSA) is 105 Å². The third kappa shape index (κ3) is 9.58. The fraction of sp³-hybridized carbons (Fsp3) is 0.533. The van der Waals surface area contributed by atoms with Crippen LogP contribution in [-0.4, -0.2) is 66.8 Å². The molecule has 2 aromatic carbocycles. The normalized spacial score (nSPS) is 12.9. The molecule has 2 aromatic rings. The van der Waals surface area contributed by atoms with E-state index < -0.39 is 17.9 Å². The summed E-state index contributed by atoms with van der Waals surface area (Å²) >= 11 is 0. The van der Waals surface area contributed by atoms with E-state index in [4.69, 9.17) is 10.5 Å². The predicted octanol–water partition coefficient (Wildman–Crippen LogP) is 4.14. The second-order valence-corrected chi connectivity index (χ2v) is 9.76. The van der Waals surface area contributed by atoms with Crippen LogP contribution in [0.15, 0.2) is 48.5 Å². The van der Waals surface area contributed by atoms with E-state index in [2.05, 4.69) is 5.32 Å². The Bertz CT molecular complexity index is 959. The van der Waals surface area contributed by atoms with Gasteiger partial charge in [0.15, 0.2) is 0 Å². The first-order valence-electron chi connectivity index (χ1n) is 13.6. The summed E-state index contributed by atoms with van der Waals surface area (Å²) in [5.74, 6) is -1.24. The third-order valence-corrected chi connectivity index (χ3v) is 6.31. The maximum Gasteiger partial charge on any atom is 0.254 e. The van der Waals surface area contributed by atoms with Gasteiger partial charge in [-0.3, -0.25) is 9.59 Å². The van der Waals surface area contributed by atoms with Gasteiger partial charge in [0, 0.05) is 43.3 Å². The van der Waals surface area contributed by atoms with E-state index in [0.717, 1.165) is 24.8 Å². The number of rotatable bonds is 17. The summed E-state index contributed by atoms with van der Waals surface area (Å²) < 4.78 is 5.59. The average Bonchev–Trinajstić information content (AvgIpc) is 2.88. The summed E-state index contributed by atoms with van der Waals surface area (Å²) in [7, 11) is 0. The number of hydrogen-bond donors (Lipinski definition) is 3. The highest BCUT2D eigenvalue weighted by molar-refractivity contribution is 6.02. The summed E-state index contributed by atoms with van der Waals surface area (Å²) in [5.41, 5.74) is 8.06. The molecular weight excluding hydrogens is 466 g/mol. The zero-order chi connectivity index (χ0) is 27.2. The molecule has 0 radical (unpaired) electrons. The minimum absolute atomic E-state index is 0.133. The Morgan fingerprint density at radius 2 is 1.65 bits per heavy atom. The lowest BCUT2D eigenvalue weighted by molar-refractivity contribution is 0.0743. The van der Waals surface area contributed by atoms with E-state index in [9.17, 15) is 14.7 Å². The fourth-order valence-electron chi connectivity index (χ4n) is 4.60. The van der Waals surface area contributed by atoms with Crippen molar-refractivity contribution in [3.05, 3.63) is 70.8 Å². The molecule has 2 amide bonds. The van der Waals surface area contributed by atoms with Crippen molar-refractivity contribution in [1.29, 1.82) is 0 Å². The molecule has 0 heterocycles. The largest absolute Gasteiger partial charge is 0.391 e. The van der Waals surface area contributed by atoms with Crippen LogP contribution in [0, 0.1) is 0 Å². The van der Waals surface area contributed by atoms with Crippen molar-refractivity contribution in [3.63, 3.8) is 0 Å². The number of carbonyl (C=O) groups excluding carboxylic acids is 2. The van der Waals surface area contributed by atoms with Crippen LogP contribution in [0.3, 0.4) is 0 Å². The zero-order valence-electron chi connectivity index (χ0n) is 22.9. The average molecular weight is 512 g/mol. The highest BCUT2D eigenvalue weighted by atomic mass is 16.5. The smallest absolute Gasteiger partial charge is 0.254 e. The Morgan fingerprint density at radius 1 is 1.00 bits per heavy atom. The zero-order valence-corrected chi connectivity index (χ0v) is 22.9. The first-order valence-corrected chi connectivity index (χ1v) is 13.6. The molecule has 0 aliphatic carbocycles. The van der Waals surface area contributed by atoms with Crippen LogP contribution in [0.1, 0.15) is 84.7 Å². The van der Waals surface area contributed by atoms with E-state index in [-0.39, 0.29) is 17.6 Å². The minimum atomic E-state index is -0.843. The van der Waals surface area contributed by atoms with Crippen LogP contribution in [0.5, 0.6) is 0 Å². The maximum atomic E-state index is 13.7. The second-order valence-electron chi connectivity index (χ2n) is 9.76. The summed E-state index contributed by atoms with van der Waals surface area (Å²) in [4.78, 5) is 28.1. The van der Waals surface area contributed by atoms with E-state index in [1.807, 2.05) is 62.9 Å². The lowest BCUT2D eigenvalue weighted by Crippen LogP contribution is -2.38. The highest BCUT2D eigenvalue weighted by Crippen LogP contribution is 2.32. The minimum Gasteiger partial charge on any atom is -0.391 e. The number of ether oxygens (including phenoxy) is 1. The molecule has 0 unspecified atom stereocenters. The molecule has 37 heavy (non-hydrogen) atoms. The molecule has 0 saturated carbocycles. The number of aliphatic hydroxyl groups excluding tert-OH is 1. The Balaban J connectivity index is 2.44. The molecule has 204 valence electrons. The van der Waals surface area contributed by atoms with Crippen LogP contribution >= 0.6 is 0 Å². The number of nitrogens with two attached hydrogens (primary N) is 1. The van der Waals surface area contributed by atoms with Gasteiger partial charge in [0.2, 0.25) is 5.91 Å². The molecule has 7 nitrogen and oxygen atoms in total. The van der Waals surface area contributed by atoms with E-state index >= 15 is 0 Å². The number of hydrogen-bond acceptors (Lipinski definition) is 5. The van der Waals surface area contributed by atoms with Gasteiger partial charge in [-0.05, 0) is 69.3 Å². The molecule has 0 bridgehead atoms. The predicted molar refractivity (Wildman–Crippen MR) is 149 cm³/mol. The molecule has 4 N–H and O–H groups in total. The van der Waals surface area contributed by atoms with Crippen molar-refractivity contribution in [1.82, 2.24) is 10.2 Å². The van der Waals surface area contributed by atoms with Crippen LogP contribution in [0.4, 0.5) is 0 Å². The van der Waals surface area contributed by atoms with Crippen LogP contribution < -0.4 is 11.1 Å². The summed E-state index contributed by atoms with van der Waals surface area (Å²) in [6.07, 6.45) is 2.28. The van der Waals surface area contributed by atoms with Crippen LogP contribution in [0.2, 0.25) is 0 Å². The Hall–Kier alpha value is -2.74. The van der Waals surface area contributed by atoms with Gasteiger partial charge in [-0.15, -0.1) is 0 Å². The number of amides is 2. The highest BCUT2D eigenvalue weighted by Gasteiger charge is 2.31. The molecule has 0 aliphatic heterocycles. The van der Waals surface area contributed by atoms with Gasteiger partial charge in [0.25, 0.3) is 5.91 Å². The number of primary amides is 1. The van der Waals surface area contributed by atoms with Crippen molar-refractivity contribution in [3.8, 4) is 0 Å². The molecule has 0 aromatic heterocycles. The monoisotopic (exact) mass is 511 g/mol. The van der Waals surface area contributed by atoms with Crippen LogP contribution in [0.25, 0.3) is 0 Å². The van der Waals surface area contributed by atoms with Crippen LogP contribution in [-0.2, 0) is 11.2 Å². The number of nitrogens with one attached hydrogen (secondary N) is 1. The Kier molecular flexibility index (Phi) is 13.3. The van der Waals surface area contributed by atoms with E-state index in [1.54, 1.807) is 18.2 Å². The number of benzene rings is 2. The first-order chi connectivity index (χ1) is 17.8. The van der Waals surface area contributed by atoms with Crippen molar-refractivity contribution < 1.29 is 19.4 Å². The van der Waals surface area contributed by atoms with Gasteiger partial charge in [-0.25, -0.2) is 0 Å². The van der Waals surface area contributed by atoms with Crippen molar-refractivity contribution >= 4 is 11.8 Å². The molecule has 0 aliphatic rings. The number of nitrogens with zero attached hydrogens (tertiary/aromatic N) is 1. The quantitative estimate of drug-likeness (QED) is 0.277. The maximum absolute atomic E-state index is 13.7. The van der Waals surface area contributed by atoms with Gasteiger partial charge in [-0.1, -0.05) is 50.2 Å². The summed E-state index contributed by atoms with van der Waals surface area (Å²) in [6, 6.07) is 14.9. The molecular formula is C30H45N3O4. The lowest BCUT2D eigenvalue weighted by atomic mass is 9.81. The van der Waals surface area contributed by atoms with E-state index in [1.165, 1.54) is 0 Å². The van der Waals surface area contributed by atoms with Crippen molar-refractivity contribution in [2.75, 3.05) is 32.8 Å². The number of aliphatic hydroxyl groups is 1. The SMILES string of the molecule is CCCN(CCC)C(=O)c1cccc(C(N)=O)c1[C@H](Cc1ccccc1)[C@@H](O)CNCCCOC(C)C. The molecule has 0 saturated heterocycles. The van der Waals surface area contributed by atoms with Gasteiger partial charge >= 0.3 is 0 Å². The number of carbonyl (C=O) groups is 2. The summed E-state index contributed by atoms with van der Waals surface area (Å²) in [6.45, 7) is 11.0. The van der Waals surface area contributed by atoms with Gasteiger partial charge < -0.3 is 25.8 Å². The Labute approximate surface area is 222 Å². The summed E-state index contributed by atoms with van der Waals surface area (Å²) in [5, 5.41) is 14.8. The molecule has 2 atom stereocenters. The molecule has 7 heteroatoms. The lowest BCUT2D eigenvalue weighted by Gasteiger charge is -2.29. The fourth-order valence-corrected chi connectivity index (χ4v) is 4.60. The molecule has 2 rings (SSSR count). The first kappa shape index (κ1) is 30.5. The Morgan fingerprint density at radius 3 is 2.24 bits per heavy atom. The van der Waals surface area contributed by atoms with Gasteiger partial charge in [0.05, 0.1) is 12.2 Å². The van der Waals surface area contributed by atoms with Gasteiger partial charge in [-0.2, -0.15) is 0 Å². The molecule has 0 fully saturated rings. The van der Waals surface area contributed by atoms with Gasteiger partial charge in [0.1, 0.15) is 0 Å². The second kappa shape index (κ2) is 16.2. The van der Waals surface area contributed by atoms with Crippen molar-refractivity contribution in [2.45, 2.75) is 71.5 Å². The standard InChI is InChI=1S/C30H45N3O4/c1-5-17-33(18-6-2)30(36)25-15-10-14-24(29(31)35)28(25)26(20-23-12-8-7-9-13-23)27(34)21-32-16-11-19-37-22(3)4/h7-10,12-15,22,26-27,32,34H,5-6,11,16-21H2,1-4H3,(H2,31,35)/t26-,27+/m1/s1.